The summed E-state index contributed by atoms with van der Waals surface area (Å²) in [5.74, 6) is -0.925. The van der Waals surface area contributed by atoms with Crippen molar-refractivity contribution in [3.05, 3.63) is 71.9 Å². The molecule has 0 bridgehead atoms. The molecule has 0 fully saturated rings. The predicted molar refractivity (Wildman–Crippen MR) is 109 cm³/mol. The molecule has 2 aromatic carbocycles. The monoisotopic (exact) mass is 375 g/mol. The smallest absolute Gasteiger partial charge is 0.250 e. The number of carbonyl (C=O) groups is 3. The SMILES string of the molecule is CCNC(=O)/C=C\C(=O)Cc1cccc(-c2ccc(C(N)=O)c3[nH]ccc23)c1. The molecule has 4 N–H and O–H groups in total. The van der Waals surface area contributed by atoms with Crippen LogP contribution in [0.2, 0.25) is 0 Å². The third-order valence-corrected chi connectivity index (χ3v) is 4.38. The van der Waals surface area contributed by atoms with E-state index in [-0.39, 0.29) is 18.1 Å². The highest BCUT2D eigenvalue weighted by molar-refractivity contribution is 6.09. The number of ketones is 1. The van der Waals surface area contributed by atoms with Gasteiger partial charge in [0.25, 0.3) is 5.91 Å². The minimum Gasteiger partial charge on any atom is -0.366 e. The van der Waals surface area contributed by atoms with Gasteiger partial charge in [0, 0.05) is 30.6 Å². The number of aromatic nitrogens is 1. The van der Waals surface area contributed by atoms with E-state index in [1.807, 2.05) is 43.3 Å². The number of aromatic amines is 1. The first kappa shape index (κ1) is 19.1. The largest absolute Gasteiger partial charge is 0.366 e. The first-order valence-corrected chi connectivity index (χ1v) is 8.97. The standard InChI is InChI=1S/C22H21N3O3/c1-2-24-20(27)9-6-16(26)13-14-4-3-5-15(12-14)17-7-8-19(22(23)28)21-18(17)10-11-25-21/h3-12,25H,2,13H2,1H3,(H2,23,28)(H,24,27)/b9-6-. The quantitative estimate of drug-likeness (QED) is 0.553. The van der Waals surface area contributed by atoms with E-state index in [2.05, 4.69) is 10.3 Å². The topological polar surface area (TPSA) is 105 Å². The number of nitrogens with two attached hydrogens (primary N) is 1. The number of primary amides is 1. The average Bonchev–Trinajstić information content (AvgIpc) is 3.15. The molecular weight excluding hydrogens is 354 g/mol. The molecule has 0 saturated carbocycles. The van der Waals surface area contributed by atoms with Crippen LogP contribution in [-0.4, -0.2) is 29.1 Å². The van der Waals surface area contributed by atoms with Crippen LogP contribution in [0.15, 0.2) is 60.8 Å². The molecule has 2 amide bonds. The van der Waals surface area contributed by atoms with Gasteiger partial charge in [0.15, 0.2) is 5.78 Å². The van der Waals surface area contributed by atoms with Crippen LogP contribution in [0, 0.1) is 0 Å². The van der Waals surface area contributed by atoms with Gasteiger partial charge >= 0.3 is 0 Å². The molecule has 3 aromatic rings. The fraction of sp³-hybridized carbons (Fsp3) is 0.136. The Kier molecular flexibility index (Phi) is 5.69. The van der Waals surface area contributed by atoms with Gasteiger partial charge in [0.2, 0.25) is 5.91 Å². The van der Waals surface area contributed by atoms with Gasteiger partial charge in [0.05, 0.1) is 11.1 Å². The molecule has 142 valence electrons. The predicted octanol–water partition coefficient (Wildman–Crippen LogP) is 2.74. The van der Waals surface area contributed by atoms with Gasteiger partial charge in [-0.05, 0) is 41.8 Å². The van der Waals surface area contributed by atoms with Crippen molar-refractivity contribution in [3.63, 3.8) is 0 Å². The number of rotatable bonds is 7. The molecule has 3 rings (SSSR count). The van der Waals surface area contributed by atoms with Crippen LogP contribution in [0.4, 0.5) is 0 Å². The lowest BCUT2D eigenvalue weighted by Crippen LogP contribution is -2.20. The summed E-state index contributed by atoms with van der Waals surface area (Å²) in [4.78, 5) is 38.2. The number of hydrogen-bond acceptors (Lipinski definition) is 3. The Labute approximate surface area is 162 Å². The third-order valence-electron chi connectivity index (χ3n) is 4.38. The van der Waals surface area contributed by atoms with Crippen molar-refractivity contribution >= 4 is 28.5 Å². The van der Waals surface area contributed by atoms with Gasteiger partial charge in [-0.2, -0.15) is 0 Å². The number of benzene rings is 2. The average molecular weight is 375 g/mol. The lowest BCUT2D eigenvalue weighted by Gasteiger charge is -2.08. The minimum atomic E-state index is -0.489. The Morgan fingerprint density at radius 2 is 1.93 bits per heavy atom. The Hall–Kier alpha value is -3.67. The summed E-state index contributed by atoms with van der Waals surface area (Å²) in [7, 11) is 0. The zero-order valence-corrected chi connectivity index (χ0v) is 15.5. The summed E-state index contributed by atoms with van der Waals surface area (Å²) in [6.45, 7) is 2.33. The molecule has 1 heterocycles. The summed E-state index contributed by atoms with van der Waals surface area (Å²) < 4.78 is 0. The van der Waals surface area contributed by atoms with E-state index in [0.717, 1.165) is 22.1 Å². The third kappa shape index (κ3) is 4.17. The lowest BCUT2D eigenvalue weighted by molar-refractivity contribution is -0.117. The zero-order chi connectivity index (χ0) is 20.1. The molecule has 6 heteroatoms. The molecular formula is C22H21N3O3. The van der Waals surface area contributed by atoms with Crippen molar-refractivity contribution in [2.75, 3.05) is 6.54 Å². The van der Waals surface area contributed by atoms with Gasteiger partial charge in [0.1, 0.15) is 0 Å². The lowest BCUT2D eigenvalue weighted by atomic mass is 9.96. The number of fused-ring (bicyclic) bond motifs is 1. The number of H-pyrrole nitrogens is 1. The summed E-state index contributed by atoms with van der Waals surface area (Å²) in [6.07, 6.45) is 4.50. The molecule has 28 heavy (non-hydrogen) atoms. The summed E-state index contributed by atoms with van der Waals surface area (Å²) >= 11 is 0. The van der Waals surface area contributed by atoms with Crippen LogP contribution in [-0.2, 0) is 16.0 Å². The Morgan fingerprint density at radius 3 is 2.68 bits per heavy atom. The number of carbonyl (C=O) groups excluding carboxylic acids is 3. The molecule has 0 radical (unpaired) electrons. The van der Waals surface area contributed by atoms with E-state index in [1.165, 1.54) is 12.2 Å². The second kappa shape index (κ2) is 8.35. The maximum Gasteiger partial charge on any atom is 0.250 e. The Bertz CT molecular complexity index is 1080. The van der Waals surface area contributed by atoms with E-state index >= 15 is 0 Å². The van der Waals surface area contributed by atoms with E-state index in [9.17, 15) is 14.4 Å². The highest BCUT2D eigenvalue weighted by Crippen LogP contribution is 2.30. The summed E-state index contributed by atoms with van der Waals surface area (Å²) in [5, 5.41) is 3.49. The van der Waals surface area contributed by atoms with Crippen LogP contribution < -0.4 is 11.1 Å². The molecule has 1 aromatic heterocycles. The van der Waals surface area contributed by atoms with Crippen LogP contribution in [0.3, 0.4) is 0 Å². The second-order valence-electron chi connectivity index (χ2n) is 6.36. The summed E-state index contributed by atoms with van der Waals surface area (Å²) in [6, 6.07) is 13.1. The number of allylic oxidation sites excluding steroid dienone is 1. The van der Waals surface area contributed by atoms with Gasteiger partial charge in [-0.1, -0.05) is 30.3 Å². The molecule has 0 unspecified atom stereocenters. The highest BCUT2D eigenvalue weighted by Gasteiger charge is 2.12. The first-order valence-electron chi connectivity index (χ1n) is 8.97. The van der Waals surface area contributed by atoms with Crippen molar-refractivity contribution in [1.29, 1.82) is 0 Å². The molecule has 0 saturated heterocycles. The first-order chi connectivity index (χ1) is 13.5. The van der Waals surface area contributed by atoms with E-state index < -0.39 is 5.91 Å². The van der Waals surface area contributed by atoms with Crippen LogP contribution >= 0.6 is 0 Å². The maximum absolute atomic E-state index is 12.1. The van der Waals surface area contributed by atoms with Crippen molar-refractivity contribution in [2.24, 2.45) is 5.73 Å². The number of nitrogens with one attached hydrogen (secondary N) is 2. The molecule has 0 atom stereocenters. The van der Waals surface area contributed by atoms with Gasteiger partial charge < -0.3 is 16.0 Å². The molecule has 0 aliphatic heterocycles. The van der Waals surface area contributed by atoms with Gasteiger partial charge in [-0.15, -0.1) is 0 Å². The fourth-order valence-corrected chi connectivity index (χ4v) is 3.12. The number of hydrogen-bond donors (Lipinski definition) is 3. The van der Waals surface area contributed by atoms with Gasteiger partial charge in [-0.25, -0.2) is 0 Å². The van der Waals surface area contributed by atoms with Gasteiger partial charge in [-0.3, -0.25) is 14.4 Å². The molecule has 0 aliphatic rings. The van der Waals surface area contributed by atoms with Crippen LogP contribution in [0.25, 0.3) is 22.0 Å². The van der Waals surface area contributed by atoms with Crippen molar-refractivity contribution in [3.8, 4) is 11.1 Å². The second-order valence-corrected chi connectivity index (χ2v) is 6.36. The Balaban J connectivity index is 1.86. The number of likely N-dealkylation sites (N-methyl/N-ethyl adjacent to an activating group) is 1. The van der Waals surface area contributed by atoms with Crippen molar-refractivity contribution in [1.82, 2.24) is 10.3 Å². The number of amides is 2. The fourth-order valence-electron chi connectivity index (χ4n) is 3.12. The van der Waals surface area contributed by atoms with E-state index in [0.29, 0.717) is 17.6 Å². The molecule has 0 spiro atoms. The normalized spacial score (nSPS) is 11.0. The maximum atomic E-state index is 12.1. The van der Waals surface area contributed by atoms with E-state index in [4.69, 9.17) is 5.73 Å². The Morgan fingerprint density at radius 1 is 1.11 bits per heavy atom. The van der Waals surface area contributed by atoms with Crippen molar-refractivity contribution < 1.29 is 14.4 Å². The van der Waals surface area contributed by atoms with E-state index in [1.54, 1.807) is 12.3 Å². The van der Waals surface area contributed by atoms with Crippen LogP contribution in [0.5, 0.6) is 0 Å². The minimum absolute atomic E-state index is 0.153. The molecule has 0 aliphatic carbocycles. The van der Waals surface area contributed by atoms with Crippen molar-refractivity contribution in [2.45, 2.75) is 13.3 Å². The zero-order valence-electron chi connectivity index (χ0n) is 15.5. The summed E-state index contributed by atoms with van der Waals surface area (Å²) in [5.41, 5.74) is 9.28. The molecule has 6 nitrogen and oxygen atoms in total. The highest BCUT2D eigenvalue weighted by atomic mass is 16.2. The van der Waals surface area contributed by atoms with Crippen LogP contribution in [0.1, 0.15) is 22.8 Å².